The lowest BCUT2D eigenvalue weighted by molar-refractivity contribution is 0.400. The highest BCUT2D eigenvalue weighted by molar-refractivity contribution is 5.30. The minimum atomic E-state index is -0.0636. The summed E-state index contributed by atoms with van der Waals surface area (Å²) in [5.74, 6) is -0.0636. The first-order valence-corrected chi connectivity index (χ1v) is 5.41. The average molecular weight is 209 g/mol. The normalized spacial score (nSPS) is 11.1. The maximum absolute atomic E-state index is 13.4. The number of hydrogen-bond acceptors (Lipinski definition) is 1. The number of aryl methyl sites for hydroxylation is 3. The average Bonchev–Trinajstić information content (AvgIpc) is 2.13. The van der Waals surface area contributed by atoms with Gasteiger partial charge < -0.3 is 4.90 Å². The van der Waals surface area contributed by atoms with Crippen LogP contribution in [0.25, 0.3) is 0 Å². The number of nitrogens with zero attached hydrogens (tertiary/aromatic N) is 1. The largest absolute Gasteiger partial charge is 0.309 e. The van der Waals surface area contributed by atoms with Crippen LogP contribution in [0.4, 0.5) is 4.39 Å². The van der Waals surface area contributed by atoms with Gasteiger partial charge in [0, 0.05) is 0 Å². The maximum Gasteiger partial charge on any atom is 0.129 e. The summed E-state index contributed by atoms with van der Waals surface area (Å²) < 4.78 is 13.4. The van der Waals surface area contributed by atoms with E-state index in [0.717, 1.165) is 30.5 Å². The second kappa shape index (κ2) is 5.26. The van der Waals surface area contributed by atoms with Crippen LogP contribution in [-0.4, -0.2) is 25.5 Å². The van der Waals surface area contributed by atoms with Crippen molar-refractivity contribution in [3.63, 3.8) is 0 Å². The molecule has 0 aromatic heterocycles. The molecule has 0 atom stereocenters. The van der Waals surface area contributed by atoms with Gasteiger partial charge >= 0.3 is 0 Å². The molecule has 0 fully saturated rings. The molecule has 0 aliphatic heterocycles. The van der Waals surface area contributed by atoms with Crippen molar-refractivity contribution in [2.24, 2.45) is 0 Å². The molecule has 0 spiro atoms. The summed E-state index contributed by atoms with van der Waals surface area (Å²) in [7, 11) is 4.14. The molecule has 1 nitrogen and oxygen atoms in total. The van der Waals surface area contributed by atoms with Crippen LogP contribution in [0.1, 0.15) is 23.1 Å². The number of hydrogen-bond donors (Lipinski definition) is 0. The van der Waals surface area contributed by atoms with E-state index in [1.807, 2.05) is 26.0 Å². The van der Waals surface area contributed by atoms with E-state index in [1.54, 1.807) is 0 Å². The first-order chi connectivity index (χ1) is 7.00. The summed E-state index contributed by atoms with van der Waals surface area (Å²) in [4.78, 5) is 2.17. The fraction of sp³-hybridized carbons (Fsp3) is 0.538. The SMILES string of the molecule is Cc1cc(CCCN(C)C)cc(C)c1F. The van der Waals surface area contributed by atoms with E-state index >= 15 is 0 Å². The Bertz CT molecular complexity index is 308. The zero-order chi connectivity index (χ0) is 11.4. The molecule has 1 rings (SSSR count). The highest BCUT2D eigenvalue weighted by Gasteiger charge is 2.04. The van der Waals surface area contributed by atoms with E-state index < -0.39 is 0 Å². The van der Waals surface area contributed by atoms with Gasteiger partial charge in [0.2, 0.25) is 0 Å². The summed E-state index contributed by atoms with van der Waals surface area (Å²) in [5, 5.41) is 0. The Hall–Kier alpha value is -0.890. The number of benzene rings is 1. The zero-order valence-corrected chi connectivity index (χ0v) is 10.1. The molecular formula is C13H20FN. The minimum Gasteiger partial charge on any atom is -0.309 e. The Morgan fingerprint density at radius 2 is 1.67 bits per heavy atom. The Kier molecular flexibility index (Phi) is 4.28. The van der Waals surface area contributed by atoms with Crippen LogP contribution < -0.4 is 0 Å². The van der Waals surface area contributed by atoms with Crippen molar-refractivity contribution < 1.29 is 4.39 Å². The lowest BCUT2D eigenvalue weighted by Crippen LogP contribution is -2.13. The molecule has 0 bridgehead atoms. The van der Waals surface area contributed by atoms with Gasteiger partial charge in [-0.2, -0.15) is 0 Å². The first kappa shape index (κ1) is 12.2. The Labute approximate surface area is 91.9 Å². The summed E-state index contributed by atoms with van der Waals surface area (Å²) in [5.41, 5.74) is 2.76. The van der Waals surface area contributed by atoms with Gasteiger partial charge in [-0.15, -0.1) is 0 Å². The minimum absolute atomic E-state index is 0.0636. The van der Waals surface area contributed by atoms with Crippen LogP contribution in [0.5, 0.6) is 0 Å². The highest BCUT2D eigenvalue weighted by atomic mass is 19.1. The summed E-state index contributed by atoms with van der Waals surface area (Å²) in [6.07, 6.45) is 2.15. The highest BCUT2D eigenvalue weighted by Crippen LogP contribution is 2.15. The van der Waals surface area contributed by atoms with Crippen molar-refractivity contribution in [2.45, 2.75) is 26.7 Å². The molecule has 84 valence electrons. The molecule has 2 heteroatoms. The van der Waals surface area contributed by atoms with E-state index in [4.69, 9.17) is 0 Å². The second-order valence-electron chi connectivity index (χ2n) is 4.45. The lowest BCUT2D eigenvalue weighted by atomic mass is 10.0. The molecule has 0 heterocycles. The number of halogens is 1. The van der Waals surface area contributed by atoms with Gasteiger partial charge in [0.25, 0.3) is 0 Å². The van der Waals surface area contributed by atoms with E-state index in [1.165, 1.54) is 5.56 Å². The third-order valence-electron chi connectivity index (χ3n) is 2.57. The third-order valence-corrected chi connectivity index (χ3v) is 2.57. The fourth-order valence-corrected chi connectivity index (χ4v) is 1.78. The van der Waals surface area contributed by atoms with Crippen LogP contribution >= 0.6 is 0 Å². The fourth-order valence-electron chi connectivity index (χ4n) is 1.78. The van der Waals surface area contributed by atoms with Gasteiger partial charge in [-0.05, 0) is 64.0 Å². The van der Waals surface area contributed by atoms with Crippen LogP contribution in [0, 0.1) is 19.7 Å². The van der Waals surface area contributed by atoms with Gasteiger partial charge in [-0.25, -0.2) is 4.39 Å². The summed E-state index contributed by atoms with van der Waals surface area (Å²) >= 11 is 0. The van der Waals surface area contributed by atoms with E-state index in [2.05, 4.69) is 19.0 Å². The van der Waals surface area contributed by atoms with E-state index in [-0.39, 0.29) is 5.82 Å². The van der Waals surface area contributed by atoms with Crippen LogP contribution in [0.15, 0.2) is 12.1 Å². The van der Waals surface area contributed by atoms with Gasteiger partial charge in [0.15, 0.2) is 0 Å². The molecular weight excluding hydrogens is 189 g/mol. The molecule has 15 heavy (non-hydrogen) atoms. The zero-order valence-electron chi connectivity index (χ0n) is 10.1. The predicted molar refractivity (Wildman–Crippen MR) is 62.7 cm³/mol. The Balaban J connectivity index is 2.63. The summed E-state index contributed by atoms with van der Waals surface area (Å²) in [6.45, 7) is 4.74. The molecule has 0 radical (unpaired) electrons. The van der Waals surface area contributed by atoms with Crippen molar-refractivity contribution in [1.29, 1.82) is 0 Å². The quantitative estimate of drug-likeness (QED) is 0.737. The topological polar surface area (TPSA) is 3.24 Å². The Morgan fingerprint density at radius 1 is 1.13 bits per heavy atom. The monoisotopic (exact) mass is 209 g/mol. The molecule has 0 unspecified atom stereocenters. The summed E-state index contributed by atoms with van der Waals surface area (Å²) in [6, 6.07) is 3.91. The predicted octanol–water partition coefficient (Wildman–Crippen LogP) is 2.94. The van der Waals surface area contributed by atoms with Crippen molar-refractivity contribution in [3.05, 3.63) is 34.6 Å². The maximum atomic E-state index is 13.4. The van der Waals surface area contributed by atoms with Crippen LogP contribution in [0.2, 0.25) is 0 Å². The standard InChI is InChI=1S/C13H20FN/c1-10-8-12(6-5-7-15(3)4)9-11(2)13(10)14/h8-9H,5-7H2,1-4H3. The molecule has 1 aromatic carbocycles. The molecule has 0 aliphatic rings. The van der Waals surface area contributed by atoms with Crippen molar-refractivity contribution in [2.75, 3.05) is 20.6 Å². The smallest absolute Gasteiger partial charge is 0.129 e. The molecule has 0 amide bonds. The molecule has 0 saturated heterocycles. The van der Waals surface area contributed by atoms with Gasteiger partial charge in [0.05, 0.1) is 0 Å². The third kappa shape index (κ3) is 3.63. The van der Waals surface area contributed by atoms with Crippen molar-refractivity contribution in [3.8, 4) is 0 Å². The Morgan fingerprint density at radius 3 is 2.13 bits per heavy atom. The first-order valence-electron chi connectivity index (χ1n) is 5.41. The van der Waals surface area contributed by atoms with Gasteiger partial charge in [-0.3, -0.25) is 0 Å². The molecule has 1 aromatic rings. The van der Waals surface area contributed by atoms with Crippen LogP contribution in [0.3, 0.4) is 0 Å². The molecule has 0 aliphatic carbocycles. The molecule has 0 N–H and O–H groups in total. The van der Waals surface area contributed by atoms with E-state index in [9.17, 15) is 4.39 Å². The van der Waals surface area contributed by atoms with Gasteiger partial charge in [-0.1, -0.05) is 12.1 Å². The van der Waals surface area contributed by atoms with Crippen LogP contribution in [-0.2, 0) is 6.42 Å². The lowest BCUT2D eigenvalue weighted by Gasteiger charge is -2.10. The second-order valence-corrected chi connectivity index (χ2v) is 4.45. The number of rotatable bonds is 4. The van der Waals surface area contributed by atoms with E-state index in [0.29, 0.717) is 0 Å². The van der Waals surface area contributed by atoms with Gasteiger partial charge in [0.1, 0.15) is 5.82 Å². The molecule has 0 saturated carbocycles. The van der Waals surface area contributed by atoms with Crippen molar-refractivity contribution >= 4 is 0 Å². The van der Waals surface area contributed by atoms with Crippen molar-refractivity contribution in [1.82, 2.24) is 4.90 Å².